The van der Waals surface area contributed by atoms with Crippen LogP contribution in [0, 0.1) is 5.92 Å². The summed E-state index contributed by atoms with van der Waals surface area (Å²) in [6, 6.07) is 1.56. The molecule has 2 atom stereocenters. The Kier molecular flexibility index (Phi) is 5.97. The molecule has 2 nitrogen and oxygen atoms in total. The van der Waals surface area contributed by atoms with Gasteiger partial charge in [0, 0.05) is 18.6 Å². The first kappa shape index (κ1) is 14.3. The standard InChI is InChI=1S/C16H32N2/c1-3-12-18(13-16-10-6-7-11-17-16)14(2)15-8-4-5-9-15/h14-17H,3-13H2,1-2H3. The maximum absolute atomic E-state index is 3.71. The van der Waals surface area contributed by atoms with Crippen molar-refractivity contribution in [2.45, 2.75) is 77.3 Å². The van der Waals surface area contributed by atoms with Gasteiger partial charge in [-0.3, -0.25) is 4.90 Å². The van der Waals surface area contributed by atoms with Gasteiger partial charge in [0.15, 0.2) is 0 Å². The Morgan fingerprint density at radius 3 is 2.44 bits per heavy atom. The molecule has 1 heterocycles. The lowest BCUT2D eigenvalue weighted by Crippen LogP contribution is -2.48. The Labute approximate surface area is 114 Å². The normalized spacial score (nSPS) is 27.8. The van der Waals surface area contributed by atoms with Gasteiger partial charge in [-0.2, -0.15) is 0 Å². The summed E-state index contributed by atoms with van der Waals surface area (Å²) in [6.45, 7) is 8.61. The highest BCUT2D eigenvalue weighted by Crippen LogP contribution is 2.30. The third-order valence-corrected chi connectivity index (χ3v) is 5.04. The Hall–Kier alpha value is -0.0800. The van der Waals surface area contributed by atoms with E-state index in [1.54, 1.807) is 0 Å². The first-order valence-corrected chi connectivity index (χ1v) is 8.28. The van der Waals surface area contributed by atoms with E-state index in [-0.39, 0.29) is 0 Å². The van der Waals surface area contributed by atoms with E-state index < -0.39 is 0 Å². The fourth-order valence-corrected chi connectivity index (χ4v) is 3.85. The third kappa shape index (κ3) is 3.96. The Morgan fingerprint density at radius 2 is 1.83 bits per heavy atom. The summed E-state index contributed by atoms with van der Waals surface area (Å²) in [4.78, 5) is 2.78. The van der Waals surface area contributed by atoms with Crippen molar-refractivity contribution in [1.29, 1.82) is 0 Å². The summed E-state index contributed by atoms with van der Waals surface area (Å²) in [5.74, 6) is 0.972. The van der Waals surface area contributed by atoms with E-state index in [0.29, 0.717) is 0 Å². The number of piperidine rings is 1. The van der Waals surface area contributed by atoms with Gasteiger partial charge in [-0.15, -0.1) is 0 Å². The van der Waals surface area contributed by atoms with Crippen LogP contribution in [0.2, 0.25) is 0 Å². The van der Waals surface area contributed by atoms with Gasteiger partial charge in [0.25, 0.3) is 0 Å². The van der Waals surface area contributed by atoms with E-state index in [1.807, 2.05) is 0 Å². The highest BCUT2D eigenvalue weighted by Gasteiger charge is 2.27. The zero-order valence-electron chi connectivity index (χ0n) is 12.5. The summed E-state index contributed by atoms with van der Waals surface area (Å²) < 4.78 is 0. The Balaban J connectivity index is 1.84. The monoisotopic (exact) mass is 252 g/mol. The summed E-state index contributed by atoms with van der Waals surface area (Å²) in [6.07, 6.45) is 11.4. The van der Waals surface area contributed by atoms with E-state index in [9.17, 15) is 0 Å². The van der Waals surface area contributed by atoms with Gasteiger partial charge in [-0.25, -0.2) is 0 Å². The average Bonchev–Trinajstić information content (AvgIpc) is 2.92. The lowest BCUT2D eigenvalue weighted by Gasteiger charge is -2.37. The van der Waals surface area contributed by atoms with Crippen LogP contribution in [0.1, 0.15) is 65.2 Å². The molecule has 2 heteroatoms. The molecule has 1 aliphatic heterocycles. The van der Waals surface area contributed by atoms with Gasteiger partial charge >= 0.3 is 0 Å². The second kappa shape index (κ2) is 7.49. The number of nitrogens with zero attached hydrogens (tertiary/aromatic N) is 1. The van der Waals surface area contributed by atoms with Gasteiger partial charge < -0.3 is 5.32 Å². The van der Waals surface area contributed by atoms with Crippen LogP contribution in [0.25, 0.3) is 0 Å². The minimum Gasteiger partial charge on any atom is -0.313 e. The second-order valence-electron chi connectivity index (χ2n) is 6.43. The minimum atomic E-state index is 0.758. The summed E-state index contributed by atoms with van der Waals surface area (Å²) in [7, 11) is 0. The van der Waals surface area contributed by atoms with E-state index in [2.05, 4.69) is 24.1 Å². The van der Waals surface area contributed by atoms with Crippen LogP contribution >= 0.6 is 0 Å². The Morgan fingerprint density at radius 1 is 1.11 bits per heavy atom. The lowest BCUT2D eigenvalue weighted by atomic mass is 9.96. The summed E-state index contributed by atoms with van der Waals surface area (Å²) in [5.41, 5.74) is 0. The molecule has 2 rings (SSSR count). The van der Waals surface area contributed by atoms with Crippen LogP contribution in [-0.2, 0) is 0 Å². The van der Waals surface area contributed by atoms with Gasteiger partial charge in [0.1, 0.15) is 0 Å². The maximum atomic E-state index is 3.71. The molecule has 0 radical (unpaired) electrons. The van der Waals surface area contributed by atoms with Gasteiger partial charge in [0.2, 0.25) is 0 Å². The van der Waals surface area contributed by atoms with Crippen LogP contribution in [0.15, 0.2) is 0 Å². The molecule has 1 N–H and O–H groups in total. The molecule has 0 bridgehead atoms. The molecule has 2 aliphatic rings. The predicted octanol–water partition coefficient (Wildman–Crippen LogP) is 3.42. The molecule has 0 aromatic carbocycles. The SMILES string of the molecule is CCCN(CC1CCCCN1)C(C)C1CCCC1. The highest BCUT2D eigenvalue weighted by atomic mass is 15.2. The van der Waals surface area contributed by atoms with E-state index >= 15 is 0 Å². The van der Waals surface area contributed by atoms with E-state index in [4.69, 9.17) is 0 Å². The van der Waals surface area contributed by atoms with Crippen molar-refractivity contribution in [3.63, 3.8) is 0 Å². The van der Waals surface area contributed by atoms with Crippen molar-refractivity contribution in [3.05, 3.63) is 0 Å². The first-order chi connectivity index (χ1) is 8.81. The van der Waals surface area contributed by atoms with Crippen LogP contribution in [0.3, 0.4) is 0 Å². The lowest BCUT2D eigenvalue weighted by molar-refractivity contribution is 0.133. The average molecular weight is 252 g/mol. The second-order valence-corrected chi connectivity index (χ2v) is 6.43. The first-order valence-electron chi connectivity index (χ1n) is 8.28. The minimum absolute atomic E-state index is 0.758. The molecule has 106 valence electrons. The fraction of sp³-hybridized carbons (Fsp3) is 1.00. The fourth-order valence-electron chi connectivity index (χ4n) is 3.85. The van der Waals surface area contributed by atoms with Gasteiger partial charge in [-0.1, -0.05) is 26.2 Å². The zero-order valence-corrected chi connectivity index (χ0v) is 12.5. The molecule has 18 heavy (non-hydrogen) atoms. The van der Waals surface area contributed by atoms with Crippen LogP contribution in [-0.4, -0.2) is 36.6 Å². The molecule has 0 amide bonds. The van der Waals surface area contributed by atoms with E-state index in [0.717, 1.165) is 18.0 Å². The molecule has 1 saturated carbocycles. The number of hydrogen-bond acceptors (Lipinski definition) is 2. The van der Waals surface area contributed by atoms with Crippen LogP contribution in [0.5, 0.6) is 0 Å². The van der Waals surface area contributed by atoms with E-state index in [1.165, 1.54) is 71.0 Å². The van der Waals surface area contributed by atoms with Gasteiger partial charge in [0.05, 0.1) is 0 Å². The molecule has 0 aromatic rings. The zero-order chi connectivity index (χ0) is 12.8. The van der Waals surface area contributed by atoms with Crippen molar-refractivity contribution in [2.24, 2.45) is 5.92 Å². The summed E-state index contributed by atoms with van der Waals surface area (Å²) >= 11 is 0. The number of rotatable bonds is 6. The molecule has 0 spiro atoms. The maximum Gasteiger partial charge on any atom is 0.0195 e. The Bertz CT molecular complexity index is 217. The molecule has 1 saturated heterocycles. The van der Waals surface area contributed by atoms with Crippen molar-refractivity contribution in [2.75, 3.05) is 19.6 Å². The predicted molar refractivity (Wildman–Crippen MR) is 78.9 cm³/mol. The summed E-state index contributed by atoms with van der Waals surface area (Å²) in [5, 5.41) is 3.71. The topological polar surface area (TPSA) is 15.3 Å². The largest absolute Gasteiger partial charge is 0.313 e. The van der Waals surface area contributed by atoms with Crippen LogP contribution < -0.4 is 5.32 Å². The quantitative estimate of drug-likeness (QED) is 0.779. The van der Waals surface area contributed by atoms with Crippen molar-refractivity contribution < 1.29 is 0 Å². The van der Waals surface area contributed by atoms with Crippen molar-refractivity contribution in [1.82, 2.24) is 10.2 Å². The molecule has 2 fully saturated rings. The van der Waals surface area contributed by atoms with Crippen LogP contribution in [0.4, 0.5) is 0 Å². The number of hydrogen-bond donors (Lipinski definition) is 1. The molecule has 1 aliphatic carbocycles. The third-order valence-electron chi connectivity index (χ3n) is 5.04. The molecular weight excluding hydrogens is 220 g/mol. The molecule has 0 aromatic heterocycles. The van der Waals surface area contributed by atoms with Gasteiger partial charge in [-0.05, 0) is 58.0 Å². The van der Waals surface area contributed by atoms with Crippen molar-refractivity contribution in [3.8, 4) is 0 Å². The molecular formula is C16H32N2. The molecule has 2 unspecified atom stereocenters. The smallest absolute Gasteiger partial charge is 0.0195 e. The highest BCUT2D eigenvalue weighted by molar-refractivity contribution is 4.83. The number of nitrogens with one attached hydrogen (secondary N) is 1. The van der Waals surface area contributed by atoms with Crippen molar-refractivity contribution >= 4 is 0 Å².